The molecule has 4 rings (SSSR count). The van der Waals surface area contributed by atoms with Crippen molar-refractivity contribution >= 4 is 34.1 Å². The summed E-state index contributed by atoms with van der Waals surface area (Å²) >= 11 is 2.61. The largest absolute Gasteiger partial charge is 0.497 e. The van der Waals surface area contributed by atoms with Gasteiger partial charge < -0.3 is 14.5 Å². The van der Waals surface area contributed by atoms with Crippen molar-refractivity contribution < 1.29 is 13.9 Å². The van der Waals surface area contributed by atoms with E-state index in [1.165, 1.54) is 28.7 Å². The van der Waals surface area contributed by atoms with Crippen molar-refractivity contribution in [3.05, 3.63) is 71.4 Å². The third-order valence-corrected chi connectivity index (χ3v) is 6.19. The first kappa shape index (κ1) is 22.0. The van der Waals surface area contributed by atoms with Crippen LogP contribution in [0.25, 0.3) is 11.3 Å². The van der Waals surface area contributed by atoms with Gasteiger partial charge in [0.15, 0.2) is 5.13 Å². The molecule has 2 aromatic carbocycles. The van der Waals surface area contributed by atoms with Gasteiger partial charge >= 0.3 is 0 Å². The lowest BCUT2D eigenvalue weighted by atomic mass is 10.1. The highest BCUT2D eigenvalue weighted by atomic mass is 32.2. The summed E-state index contributed by atoms with van der Waals surface area (Å²) in [5.74, 6) is 1.44. The van der Waals surface area contributed by atoms with Gasteiger partial charge in [-0.15, -0.1) is 21.5 Å². The van der Waals surface area contributed by atoms with Gasteiger partial charge in [0, 0.05) is 17.4 Å². The normalized spacial score (nSPS) is 10.8. The van der Waals surface area contributed by atoms with E-state index in [2.05, 4.69) is 32.6 Å². The summed E-state index contributed by atoms with van der Waals surface area (Å²) < 4.78 is 10.8. The standard InChI is InChI=1S/C23H22N4O3S2/c1-29-18-12-10-16(11-13-18)6-5-9-21-26-27-23(30-21)32-15-20(28)25-22-24-19(14-31-22)17-7-3-2-4-8-17/h2-4,7-8,10-14H,5-6,9,15H2,1H3,(H,24,25,28). The minimum atomic E-state index is -0.164. The molecule has 1 amide bonds. The van der Waals surface area contributed by atoms with Crippen molar-refractivity contribution in [1.29, 1.82) is 0 Å². The number of hydrogen-bond acceptors (Lipinski definition) is 8. The van der Waals surface area contributed by atoms with E-state index in [9.17, 15) is 4.79 Å². The van der Waals surface area contributed by atoms with E-state index in [4.69, 9.17) is 9.15 Å². The number of thioether (sulfide) groups is 1. The van der Waals surface area contributed by atoms with Crippen molar-refractivity contribution in [2.45, 2.75) is 24.5 Å². The van der Waals surface area contributed by atoms with E-state index in [0.29, 0.717) is 22.7 Å². The number of ether oxygens (including phenoxy) is 1. The second-order valence-electron chi connectivity index (χ2n) is 6.90. The Hall–Kier alpha value is -3.17. The Labute approximate surface area is 194 Å². The summed E-state index contributed by atoms with van der Waals surface area (Å²) in [4.78, 5) is 16.7. The predicted molar refractivity (Wildman–Crippen MR) is 126 cm³/mol. The summed E-state index contributed by atoms with van der Waals surface area (Å²) in [5.41, 5.74) is 3.09. The minimum Gasteiger partial charge on any atom is -0.497 e. The minimum absolute atomic E-state index is 0.164. The zero-order valence-electron chi connectivity index (χ0n) is 17.5. The molecule has 0 aliphatic carbocycles. The zero-order valence-corrected chi connectivity index (χ0v) is 19.1. The Bertz CT molecular complexity index is 1140. The number of carbonyl (C=O) groups excluding carboxylic acids is 1. The highest BCUT2D eigenvalue weighted by molar-refractivity contribution is 7.99. The smallest absolute Gasteiger partial charge is 0.277 e. The first-order chi connectivity index (χ1) is 15.7. The first-order valence-corrected chi connectivity index (χ1v) is 11.9. The van der Waals surface area contributed by atoms with Crippen molar-refractivity contribution in [3.8, 4) is 17.0 Å². The molecule has 4 aromatic rings. The molecule has 0 radical (unpaired) electrons. The number of rotatable bonds is 10. The average Bonchev–Trinajstić information content (AvgIpc) is 3.48. The molecule has 0 unspecified atom stereocenters. The Balaban J connectivity index is 1.20. The Morgan fingerprint density at radius 2 is 1.91 bits per heavy atom. The van der Waals surface area contributed by atoms with Crippen LogP contribution in [0.15, 0.2) is 69.6 Å². The Morgan fingerprint density at radius 3 is 2.69 bits per heavy atom. The van der Waals surface area contributed by atoms with Gasteiger partial charge in [-0.2, -0.15) is 0 Å². The monoisotopic (exact) mass is 466 g/mol. The molecular weight excluding hydrogens is 444 g/mol. The van der Waals surface area contributed by atoms with Gasteiger partial charge in [-0.25, -0.2) is 4.98 Å². The molecule has 7 nitrogen and oxygen atoms in total. The van der Waals surface area contributed by atoms with Crippen LogP contribution >= 0.6 is 23.1 Å². The number of aryl methyl sites for hydroxylation is 2. The van der Waals surface area contributed by atoms with Crippen LogP contribution < -0.4 is 10.1 Å². The van der Waals surface area contributed by atoms with Crippen molar-refractivity contribution in [3.63, 3.8) is 0 Å². The predicted octanol–water partition coefficient (Wildman–Crippen LogP) is 5.11. The summed E-state index contributed by atoms with van der Waals surface area (Å²) in [7, 11) is 1.66. The Kier molecular flexibility index (Phi) is 7.52. The second kappa shape index (κ2) is 10.9. The van der Waals surface area contributed by atoms with Crippen molar-refractivity contribution in [1.82, 2.24) is 15.2 Å². The lowest BCUT2D eigenvalue weighted by molar-refractivity contribution is -0.113. The quantitative estimate of drug-likeness (QED) is 0.325. The van der Waals surface area contributed by atoms with Crippen LogP contribution in [0.1, 0.15) is 17.9 Å². The van der Waals surface area contributed by atoms with Gasteiger partial charge in [0.25, 0.3) is 5.22 Å². The number of methoxy groups -OCH3 is 1. The molecular formula is C23H22N4O3S2. The van der Waals surface area contributed by atoms with E-state index in [-0.39, 0.29) is 11.7 Å². The number of aromatic nitrogens is 3. The van der Waals surface area contributed by atoms with Gasteiger partial charge in [-0.05, 0) is 30.5 Å². The summed E-state index contributed by atoms with van der Waals surface area (Å²) in [6, 6.07) is 17.9. The number of benzene rings is 2. The van der Waals surface area contributed by atoms with Crippen LogP contribution in [0, 0.1) is 0 Å². The van der Waals surface area contributed by atoms with E-state index in [0.717, 1.165) is 29.8 Å². The molecule has 0 atom stereocenters. The van der Waals surface area contributed by atoms with Crippen LogP contribution in [0.4, 0.5) is 5.13 Å². The Morgan fingerprint density at radius 1 is 1.09 bits per heavy atom. The fraction of sp³-hybridized carbons (Fsp3) is 0.217. The van der Waals surface area contributed by atoms with Crippen LogP contribution in [-0.2, 0) is 17.6 Å². The number of thiazole rings is 1. The van der Waals surface area contributed by atoms with Crippen LogP contribution in [0.2, 0.25) is 0 Å². The summed E-state index contributed by atoms with van der Waals surface area (Å²) in [5, 5.41) is 13.8. The van der Waals surface area contributed by atoms with Crippen LogP contribution in [0.3, 0.4) is 0 Å². The zero-order chi connectivity index (χ0) is 22.2. The third kappa shape index (κ3) is 6.18. The van der Waals surface area contributed by atoms with Gasteiger partial charge in [0.2, 0.25) is 11.8 Å². The lowest BCUT2D eigenvalue weighted by Crippen LogP contribution is -2.13. The molecule has 0 saturated heterocycles. The molecule has 9 heteroatoms. The summed E-state index contributed by atoms with van der Waals surface area (Å²) in [6.45, 7) is 0. The van der Waals surface area contributed by atoms with E-state index < -0.39 is 0 Å². The van der Waals surface area contributed by atoms with Gasteiger partial charge in [-0.1, -0.05) is 54.2 Å². The number of nitrogens with one attached hydrogen (secondary N) is 1. The SMILES string of the molecule is COc1ccc(CCCc2nnc(SCC(=O)Nc3nc(-c4ccccc4)cs3)o2)cc1. The number of nitrogens with zero attached hydrogens (tertiary/aromatic N) is 3. The lowest BCUT2D eigenvalue weighted by Gasteiger charge is -2.02. The molecule has 0 spiro atoms. The maximum atomic E-state index is 12.2. The second-order valence-corrected chi connectivity index (χ2v) is 8.69. The van der Waals surface area contributed by atoms with Gasteiger partial charge in [-0.3, -0.25) is 4.79 Å². The fourth-order valence-corrected chi connectivity index (χ4v) is 4.31. The highest BCUT2D eigenvalue weighted by Gasteiger charge is 2.12. The third-order valence-electron chi connectivity index (χ3n) is 4.61. The van der Waals surface area contributed by atoms with Crippen molar-refractivity contribution in [2.24, 2.45) is 0 Å². The molecule has 164 valence electrons. The summed E-state index contributed by atoms with van der Waals surface area (Å²) in [6.07, 6.45) is 2.50. The fourth-order valence-electron chi connectivity index (χ4n) is 2.99. The molecule has 2 heterocycles. The highest BCUT2D eigenvalue weighted by Crippen LogP contribution is 2.25. The topological polar surface area (TPSA) is 90.1 Å². The molecule has 0 fully saturated rings. The van der Waals surface area contributed by atoms with Crippen LogP contribution in [0.5, 0.6) is 5.75 Å². The number of amides is 1. The number of hydrogen-bond donors (Lipinski definition) is 1. The molecule has 2 aromatic heterocycles. The number of anilines is 1. The molecule has 0 aliphatic rings. The molecule has 1 N–H and O–H groups in total. The molecule has 0 bridgehead atoms. The number of carbonyl (C=O) groups is 1. The van der Waals surface area contributed by atoms with Crippen LogP contribution in [-0.4, -0.2) is 34.0 Å². The van der Waals surface area contributed by atoms with Gasteiger partial charge in [0.05, 0.1) is 18.6 Å². The molecule has 0 saturated carbocycles. The first-order valence-electron chi connectivity index (χ1n) is 10.1. The maximum absolute atomic E-state index is 12.2. The molecule has 0 aliphatic heterocycles. The average molecular weight is 467 g/mol. The van der Waals surface area contributed by atoms with E-state index in [1.54, 1.807) is 7.11 Å². The van der Waals surface area contributed by atoms with Gasteiger partial charge in [0.1, 0.15) is 5.75 Å². The maximum Gasteiger partial charge on any atom is 0.277 e. The molecule has 32 heavy (non-hydrogen) atoms. The van der Waals surface area contributed by atoms with E-state index in [1.807, 2.05) is 47.8 Å². The van der Waals surface area contributed by atoms with Crippen molar-refractivity contribution in [2.75, 3.05) is 18.2 Å². The van der Waals surface area contributed by atoms with E-state index >= 15 is 0 Å².